The van der Waals surface area contributed by atoms with Crippen LogP contribution in [0.2, 0.25) is 10.0 Å². The molecule has 0 saturated heterocycles. The van der Waals surface area contributed by atoms with Crippen molar-refractivity contribution >= 4 is 50.7 Å². The van der Waals surface area contributed by atoms with Crippen LogP contribution in [-0.4, -0.2) is 44.3 Å². The van der Waals surface area contributed by atoms with Gasteiger partial charge in [0, 0.05) is 29.6 Å². The topological polar surface area (TPSA) is 86.8 Å². The van der Waals surface area contributed by atoms with E-state index in [0.717, 1.165) is 9.87 Å². The summed E-state index contributed by atoms with van der Waals surface area (Å²) in [6, 6.07) is 28.4. The van der Waals surface area contributed by atoms with Crippen LogP contribution in [0.4, 0.5) is 5.69 Å². The van der Waals surface area contributed by atoms with Gasteiger partial charge in [-0.15, -0.1) is 0 Å². The third kappa shape index (κ3) is 8.66. The Labute approximate surface area is 275 Å². The first-order valence-corrected chi connectivity index (χ1v) is 16.9. The van der Waals surface area contributed by atoms with Gasteiger partial charge in [-0.1, -0.05) is 110 Å². The summed E-state index contributed by atoms with van der Waals surface area (Å²) >= 11 is 13.0. The first-order chi connectivity index (χ1) is 21.5. The van der Waals surface area contributed by atoms with Crippen molar-refractivity contribution in [2.45, 2.75) is 44.7 Å². The van der Waals surface area contributed by atoms with E-state index in [1.54, 1.807) is 67.6 Å². The molecule has 10 heteroatoms. The largest absolute Gasteiger partial charge is 0.354 e. The fourth-order valence-electron chi connectivity index (χ4n) is 4.89. The second kappa shape index (κ2) is 15.4. The third-order valence-electron chi connectivity index (χ3n) is 7.37. The van der Waals surface area contributed by atoms with E-state index in [1.807, 2.05) is 44.2 Å². The van der Waals surface area contributed by atoms with Gasteiger partial charge in [-0.3, -0.25) is 13.9 Å². The van der Waals surface area contributed by atoms with Gasteiger partial charge >= 0.3 is 0 Å². The molecule has 1 atom stereocenters. The number of hydrogen-bond acceptors (Lipinski definition) is 4. The lowest BCUT2D eigenvalue weighted by Gasteiger charge is -2.34. The van der Waals surface area contributed by atoms with Crippen molar-refractivity contribution in [1.29, 1.82) is 0 Å². The van der Waals surface area contributed by atoms with Gasteiger partial charge in [-0.2, -0.15) is 0 Å². The SMILES string of the molecule is Cc1c(Cl)cccc1N(CC(=O)N(Cc1ccccc1Cl)[C@@H](Cc1ccccc1)C(=O)NCC(C)C)S(=O)(=O)c1ccccc1. The van der Waals surface area contributed by atoms with E-state index in [4.69, 9.17) is 23.2 Å². The Bertz CT molecular complexity index is 1720. The van der Waals surface area contributed by atoms with E-state index in [2.05, 4.69) is 5.32 Å². The lowest BCUT2D eigenvalue weighted by molar-refractivity contribution is -0.140. The minimum atomic E-state index is -4.23. The summed E-state index contributed by atoms with van der Waals surface area (Å²) in [5, 5.41) is 3.76. The van der Waals surface area contributed by atoms with Crippen LogP contribution in [0.5, 0.6) is 0 Å². The van der Waals surface area contributed by atoms with Gasteiger partial charge in [-0.05, 0) is 59.9 Å². The van der Waals surface area contributed by atoms with Crippen molar-refractivity contribution < 1.29 is 18.0 Å². The van der Waals surface area contributed by atoms with Crippen molar-refractivity contribution in [3.8, 4) is 0 Å². The number of hydrogen-bond donors (Lipinski definition) is 1. The second-order valence-corrected chi connectivity index (χ2v) is 13.8. The van der Waals surface area contributed by atoms with Gasteiger partial charge in [0.1, 0.15) is 12.6 Å². The lowest BCUT2D eigenvalue weighted by atomic mass is 10.0. The molecule has 0 aliphatic carbocycles. The summed E-state index contributed by atoms with van der Waals surface area (Å²) < 4.78 is 29.4. The summed E-state index contributed by atoms with van der Waals surface area (Å²) in [6.45, 7) is 5.49. The van der Waals surface area contributed by atoms with Crippen molar-refractivity contribution in [1.82, 2.24) is 10.2 Å². The number of sulfonamides is 1. The smallest absolute Gasteiger partial charge is 0.264 e. The Morgan fingerprint density at radius 1 is 0.800 bits per heavy atom. The third-order valence-corrected chi connectivity index (χ3v) is 9.92. The number of halogens is 2. The Kier molecular flexibility index (Phi) is 11.7. The summed E-state index contributed by atoms with van der Waals surface area (Å²) in [4.78, 5) is 29.9. The molecule has 0 unspecified atom stereocenters. The molecule has 1 N–H and O–H groups in total. The molecule has 4 aromatic carbocycles. The molecule has 0 aromatic heterocycles. The number of nitrogens with one attached hydrogen (secondary N) is 1. The van der Waals surface area contributed by atoms with E-state index >= 15 is 0 Å². The molecule has 0 radical (unpaired) electrons. The highest BCUT2D eigenvalue weighted by Gasteiger charge is 2.35. The molecule has 0 spiro atoms. The van der Waals surface area contributed by atoms with Crippen LogP contribution in [0, 0.1) is 12.8 Å². The number of benzene rings is 4. The number of nitrogens with zero attached hydrogens (tertiary/aromatic N) is 2. The van der Waals surface area contributed by atoms with Gasteiger partial charge in [0.15, 0.2) is 0 Å². The standard InChI is InChI=1S/C35H37Cl2N3O4S/c1-25(2)22-38-35(42)33(21-27-13-6-4-7-14-27)39(23-28-15-10-11-18-31(28)37)34(41)24-40(32-20-12-19-30(36)26(32)3)45(43,44)29-16-8-5-9-17-29/h4-20,25,33H,21-24H2,1-3H3,(H,38,42)/t33-/m0/s1. The molecule has 45 heavy (non-hydrogen) atoms. The molecule has 0 bridgehead atoms. The van der Waals surface area contributed by atoms with E-state index in [1.165, 1.54) is 17.0 Å². The number of anilines is 1. The van der Waals surface area contributed by atoms with Gasteiger partial charge < -0.3 is 10.2 Å². The highest BCUT2D eigenvalue weighted by molar-refractivity contribution is 7.92. The van der Waals surface area contributed by atoms with Crippen molar-refractivity contribution in [2.24, 2.45) is 5.92 Å². The molecule has 7 nitrogen and oxygen atoms in total. The fourth-order valence-corrected chi connectivity index (χ4v) is 6.74. The Morgan fingerprint density at radius 3 is 2.04 bits per heavy atom. The predicted molar refractivity (Wildman–Crippen MR) is 181 cm³/mol. The molecule has 4 aromatic rings. The quantitative estimate of drug-likeness (QED) is 0.168. The average molecular weight is 667 g/mol. The predicted octanol–water partition coefficient (Wildman–Crippen LogP) is 6.91. The zero-order valence-corrected chi connectivity index (χ0v) is 27.8. The summed E-state index contributed by atoms with van der Waals surface area (Å²) in [7, 11) is -4.23. The molecule has 0 aliphatic heterocycles. The maximum atomic E-state index is 14.6. The fraction of sp³-hybridized carbons (Fsp3) is 0.257. The number of carbonyl (C=O) groups excluding carboxylic acids is 2. The van der Waals surface area contributed by atoms with Gasteiger partial charge in [-0.25, -0.2) is 8.42 Å². The molecule has 0 heterocycles. The van der Waals surface area contributed by atoms with Crippen LogP contribution in [0.25, 0.3) is 0 Å². The minimum absolute atomic E-state index is 0.0150. The van der Waals surface area contributed by atoms with Crippen LogP contribution < -0.4 is 9.62 Å². The summed E-state index contributed by atoms with van der Waals surface area (Å²) in [5.74, 6) is -0.741. The molecule has 0 saturated carbocycles. The molecule has 4 rings (SSSR count). The van der Waals surface area contributed by atoms with Gasteiger partial charge in [0.25, 0.3) is 10.0 Å². The normalized spacial score (nSPS) is 12.0. The first kappa shape index (κ1) is 34.0. The average Bonchev–Trinajstić information content (AvgIpc) is 3.03. The number of rotatable bonds is 13. The maximum absolute atomic E-state index is 14.6. The lowest BCUT2D eigenvalue weighted by Crippen LogP contribution is -2.53. The number of carbonyl (C=O) groups is 2. The van der Waals surface area contributed by atoms with Crippen LogP contribution in [-0.2, 0) is 32.6 Å². The van der Waals surface area contributed by atoms with Crippen LogP contribution in [0.3, 0.4) is 0 Å². The highest BCUT2D eigenvalue weighted by Crippen LogP contribution is 2.31. The highest BCUT2D eigenvalue weighted by atomic mass is 35.5. The van der Waals surface area contributed by atoms with E-state index < -0.39 is 28.5 Å². The summed E-state index contributed by atoms with van der Waals surface area (Å²) in [6.07, 6.45) is 0.211. The molecular formula is C35H37Cl2N3O4S. The Morgan fingerprint density at radius 2 is 1.40 bits per heavy atom. The van der Waals surface area contributed by atoms with Crippen LogP contribution in [0.1, 0.15) is 30.5 Å². The van der Waals surface area contributed by atoms with E-state index in [0.29, 0.717) is 27.7 Å². The number of amides is 2. The van der Waals surface area contributed by atoms with Crippen molar-refractivity contribution in [2.75, 3.05) is 17.4 Å². The minimum Gasteiger partial charge on any atom is -0.354 e. The monoisotopic (exact) mass is 665 g/mol. The van der Waals surface area contributed by atoms with Gasteiger partial charge in [0.2, 0.25) is 11.8 Å². The second-order valence-electron chi connectivity index (χ2n) is 11.2. The summed E-state index contributed by atoms with van der Waals surface area (Å²) in [5.41, 5.74) is 2.23. The van der Waals surface area contributed by atoms with Crippen LogP contribution in [0.15, 0.2) is 108 Å². The zero-order valence-electron chi connectivity index (χ0n) is 25.5. The maximum Gasteiger partial charge on any atom is 0.264 e. The molecule has 0 aliphatic rings. The van der Waals surface area contributed by atoms with E-state index in [9.17, 15) is 18.0 Å². The molecule has 0 fully saturated rings. The van der Waals surface area contributed by atoms with E-state index in [-0.39, 0.29) is 35.4 Å². The Balaban J connectivity index is 1.83. The van der Waals surface area contributed by atoms with Crippen molar-refractivity contribution in [3.63, 3.8) is 0 Å². The molecule has 2 amide bonds. The van der Waals surface area contributed by atoms with Crippen LogP contribution >= 0.6 is 23.2 Å². The van der Waals surface area contributed by atoms with Gasteiger partial charge in [0.05, 0.1) is 10.6 Å². The zero-order chi connectivity index (χ0) is 32.6. The first-order valence-electron chi connectivity index (χ1n) is 14.7. The molecular weight excluding hydrogens is 629 g/mol. The molecule has 236 valence electrons. The Hall–Kier alpha value is -3.85. The van der Waals surface area contributed by atoms with Crippen molar-refractivity contribution in [3.05, 3.63) is 130 Å².